The third-order valence-electron chi connectivity index (χ3n) is 5.25. The zero-order valence-electron chi connectivity index (χ0n) is 15.7. The average molecular weight is 404 g/mol. The third-order valence-corrected chi connectivity index (χ3v) is 5.74. The van der Waals surface area contributed by atoms with Gasteiger partial charge in [0.1, 0.15) is 0 Å². The van der Waals surface area contributed by atoms with E-state index in [4.69, 9.17) is 0 Å². The number of aromatic nitrogens is 1. The first-order valence-electron chi connectivity index (χ1n) is 9.55. The summed E-state index contributed by atoms with van der Waals surface area (Å²) in [6.07, 6.45) is 9.47. The van der Waals surface area contributed by atoms with Gasteiger partial charge < -0.3 is 10.2 Å². The van der Waals surface area contributed by atoms with E-state index in [0.717, 1.165) is 28.7 Å². The summed E-state index contributed by atoms with van der Waals surface area (Å²) in [4.78, 5) is 7.00. The molecule has 3 nitrogen and oxygen atoms in total. The maximum Gasteiger partial charge on any atom is 0.0723 e. The molecule has 0 unspecified atom stereocenters. The van der Waals surface area contributed by atoms with Gasteiger partial charge in [-0.2, -0.15) is 0 Å². The molecule has 1 saturated carbocycles. The molecule has 0 bridgehead atoms. The van der Waals surface area contributed by atoms with Crippen molar-refractivity contribution in [3.05, 3.63) is 34.4 Å². The quantitative estimate of drug-likeness (QED) is 0.691. The molecule has 25 heavy (non-hydrogen) atoms. The summed E-state index contributed by atoms with van der Waals surface area (Å²) in [5, 5.41) is 5.15. The zero-order valence-corrected chi connectivity index (χ0v) is 17.3. The molecule has 1 N–H and O–H groups in total. The van der Waals surface area contributed by atoms with E-state index in [2.05, 4.69) is 76.5 Å². The molecule has 1 fully saturated rings. The Balaban J connectivity index is 1.80. The molecular formula is C21H30BrN3. The molecule has 136 valence electrons. The zero-order chi connectivity index (χ0) is 17.8. The molecule has 0 spiro atoms. The van der Waals surface area contributed by atoms with Crippen LogP contribution < -0.4 is 5.32 Å². The van der Waals surface area contributed by atoms with E-state index < -0.39 is 0 Å². The van der Waals surface area contributed by atoms with Crippen LogP contribution in [0.2, 0.25) is 0 Å². The first kappa shape index (κ1) is 18.7. The van der Waals surface area contributed by atoms with Crippen molar-refractivity contribution in [3.63, 3.8) is 0 Å². The van der Waals surface area contributed by atoms with E-state index in [1.165, 1.54) is 48.9 Å². The van der Waals surface area contributed by atoms with Gasteiger partial charge >= 0.3 is 0 Å². The Bertz CT molecular complexity index is 706. The molecular weight excluding hydrogens is 374 g/mol. The van der Waals surface area contributed by atoms with Crippen molar-refractivity contribution in [2.45, 2.75) is 51.5 Å². The van der Waals surface area contributed by atoms with Crippen molar-refractivity contribution in [2.24, 2.45) is 5.92 Å². The van der Waals surface area contributed by atoms with Crippen LogP contribution in [0.3, 0.4) is 0 Å². The highest BCUT2D eigenvalue weighted by atomic mass is 79.9. The standard InChI is InChI=1S/C21H30BrN3/c1-4-5-16-13-23-20-11-8-17(22)12-19(20)21(16)24-18-9-6-15(7-10-18)14-25(2)3/h8,11-13,15,18H,4-7,9-10,14H2,1-3H3,(H,23,24)/t15-,18-. The molecule has 1 heterocycles. The minimum atomic E-state index is 0.582. The number of aryl methyl sites for hydroxylation is 1. The fourth-order valence-corrected chi connectivity index (χ4v) is 4.41. The molecule has 1 aromatic carbocycles. The number of benzene rings is 1. The van der Waals surface area contributed by atoms with E-state index in [1.54, 1.807) is 0 Å². The van der Waals surface area contributed by atoms with Gasteiger partial charge in [0, 0.05) is 34.3 Å². The Morgan fingerprint density at radius 1 is 1.20 bits per heavy atom. The SMILES string of the molecule is CCCc1cnc2ccc(Br)cc2c1N[C@H]1CC[C@H](CN(C)C)CC1. The van der Waals surface area contributed by atoms with E-state index in [0.29, 0.717) is 6.04 Å². The van der Waals surface area contributed by atoms with Crippen LogP contribution in [-0.2, 0) is 6.42 Å². The fraction of sp³-hybridized carbons (Fsp3) is 0.571. The topological polar surface area (TPSA) is 28.2 Å². The number of hydrogen-bond acceptors (Lipinski definition) is 3. The Morgan fingerprint density at radius 2 is 1.96 bits per heavy atom. The van der Waals surface area contributed by atoms with Crippen LogP contribution in [0.15, 0.2) is 28.9 Å². The number of nitrogens with one attached hydrogen (secondary N) is 1. The molecule has 0 radical (unpaired) electrons. The number of hydrogen-bond donors (Lipinski definition) is 1. The van der Waals surface area contributed by atoms with Gasteiger partial charge in [0.15, 0.2) is 0 Å². The van der Waals surface area contributed by atoms with Crippen LogP contribution in [0.1, 0.15) is 44.6 Å². The van der Waals surface area contributed by atoms with Crippen molar-refractivity contribution in [2.75, 3.05) is 26.0 Å². The normalized spacial score (nSPS) is 21.0. The second-order valence-electron chi connectivity index (χ2n) is 7.69. The molecule has 0 atom stereocenters. The molecule has 1 aromatic heterocycles. The van der Waals surface area contributed by atoms with Gasteiger partial charge in [0.2, 0.25) is 0 Å². The second-order valence-corrected chi connectivity index (χ2v) is 8.61. The second kappa shape index (κ2) is 8.50. The maximum atomic E-state index is 4.67. The molecule has 1 aliphatic carbocycles. The van der Waals surface area contributed by atoms with Crippen LogP contribution in [0.4, 0.5) is 5.69 Å². The van der Waals surface area contributed by atoms with Gasteiger partial charge in [-0.1, -0.05) is 29.3 Å². The largest absolute Gasteiger partial charge is 0.381 e. The van der Waals surface area contributed by atoms with E-state index in [1.807, 2.05) is 0 Å². The van der Waals surface area contributed by atoms with E-state index >= 15 is 0 Å². The average Bonchev–Trinajstić information content (AvgIpc) is 2.58. The summed E-state index contributed by atoms with van der Waals surface area (Å²) in [6.45, 7) is 3.46. The van der Waals surface area contributed by atoms with Crippen LogP contribution in [0, 0.1) is 5.92 Å². The van der Waals surface area contributed by atoms with Gasteiger partial charge in [-0.15, -0.1) is 0 Å². The van der Waals surface area contributed by atoms with Crippen LogP contribution in [0.5, 0.6) is 0 Å². The van der Waals surface area contributed by atoms with E-state index in [9.17, 15) is 0 Å². The monoisotopic (exact) mass is 403 g/mol. The summed E-state index contributed by atoms with van der Waals surface area (Å²) in [5.41, 5.74) is 3.74. The third kappa shape index (κ3) is 4.73. The van der Waals surface area contributed by atoms with Crippen LogP contribution >= 0.6 is 15.9 Å². The molecule has 4 heteroatoms. The van der Waals surface area contributed by atoms with E-state index in [-0.39, 0.29) is 0 Å². The number of pyridine rings is 1. The molecule has 3 rings (SSSR count). The highest BCUT2D eigenvalue weighted by molar-refractivity contribution is 9.10. The summed E-state index contributed by atoms with van der Waals surface area (Å²) in [7, 11) is 4.37. The highest BCUT2D eigenvalue weighted by Gasteiger charge is 2.22. The Hall–Kier alpha value is -1.13. The lowest BCUT2D eigenvalue weighted by Crippen LogP contribution is -2.31. The lowest BCUT2D eigenvalue weighted by atomic mass is 9.85. The molecule has 0 aliphatic heterocycles. The van der Waals surface area contributed by atoms with Gasteiger partial charge in [-0.05, 0) is 75.9 Å². The van der Waals surface area contributed by atoms with Crippen molar-refractivity contribution in [1.29, 1.82) is 0 Å². The minimum Gasteiger partial charge on any atom is -0.381 e. The predicted molar refractivity (Wildman–Crippen MR) is 111 cm³/mol. The van der Waals surface area contributed by atoms with Gasteiger partial charge in [-0.3, -0.25) is 4.98 Å². The molecule has 1 aliphatic rings. The number of halogens is 1. The lowest BCUT2D eigenvalue weighted by Gasteiger charge is -2.32. The summed E-state index contributed by atoms with van der Waals surface area (Å²) < 4.78 is 1.12. The van der Waals surface area contributed by atoms with Crippen molar-refractivity contribution in [1.82, 2.24) is 9.88 Å². The fourth-order valence-electron chi connectivity index (χ4n) is 4.05. The highest BCUT2D eigenvalue weighted by Crippen LogP contribution is 2.33. The molecule has 0 amide bonds. The van der Waals surface area contributed by atoms with Gasteiger partial charge in [0.05, 0.1) is 5.52 Å². The Morgan fingerprint density at radius 3 is 2.64 bits per heavy atom. The summed E-state index contributed by atoms with van der Waals surface area (Å²) >= 11 is 3.63. The first-order valence-corrected chi connectivity index (χ1v) is 10.3. The predicted octanol–water partition coefficient (Wildman–Crippen LogP) is 5.48. The summed E-state index contributed by atoms with van der Waals surface area (Å²) in [6, 6.07) is 6.97. The first-order chi connectivity index (χ1) is 12.1. The maximum absolute atomic E-state index is 4.67. The lowest BCUT2D eigenvalue weighted by molar-refractivity contribution is 0.255. The van der Waals surface area contributed by atoms with Crippen molar-refractivity contribution >= 4 is 32.5 Å². The van der Waals surface area contributed by atoms with Gasteiger partial charge in [-0.25, -0.2) is 0 Å². The van der Waals surface area contributed by atoms with Crippen LogP contribution in [0.25, 0.3) is 10.9 Å². The number of anilines is 1. The molecule has 2 aromatic rings. The van der Waals surface area contributed by atoms with Crippen molar-refractivity contribution < 1.29 is 0 Å². The molecule has 0 saturated heterocycles. The van der Waals surface area contributed by atoms with Crippen molar-refractivity contribution in [3.8, 4) is 0 Å². The number of fused-ring (bicyclic) bond motifs is 1. The smallest absolute Gasteiger partial charge is 0.0723 e. The van der Waals surface area contributed by atoms with Gasteiger partial charge in [0.25, 0.3) is 0 Å². The van der Waals surface area contributed by atoms with Crippen LogP contribution in [-0.4, -0.2) is 36.6 Å². The summed E-state index contributed by atoms with van der Waals surface area (Å²) in [5.74, 6) is 0.853. The Labute approximate surface area is 160 Å². The Kier molecular flexibility index (Phi) is 6.34. The minimum absolute atomic E-state index is 0.582. The number of rotatable bonds is 6. The number of nitrogens with zero attached hydrogens (tertiary/aromatic N) is 2.